The number of carbonyl (C=O) groups is 3. The number of hydrogen-bond acceptors (Lipinski definition) is 4. The molecule has 13 heavy (non-hydrogen) atoms. The molecule has 7 nitrogen and oxygen atoms in total. The highest BCUT2D eigenvalue weighted by Gasteiger charge is 2.22. The predicted octanol–water partition coefficient (Wildman–Crippen LogP) is -0.811. The Morgan fingerprint density at radius 2 is 2.15 bits per heavy atom. The van der Waals surface area contributed by atoms with Crippen LogP contribution in [0.15, 0.2) is 0 Å². The van der Waals surface area contributed by atoms with E-state index >= 15 is 0 Å². The molecule has 1 atom stereocenters. The fraction of sp³-hybridized carbons (Fsp3) is 0.500. The lowest BCUT2D eigenvalue weighted by atomic mass is 10.3. The van der Waals surface area contributed by atoms with Crippen LogP contribution < -0.4 is 5.32 Å². The van der Waals surface area contributed by atoms with Gasteiger partial charge in [0.2, 0.25) is 6.41 Å². The van der Waals surface area contributed by atoms with Crippen LogP contribution in [0.25, 0.3) is 0 Å². The van der Waals surface area contributed by atoms with Crippen molar-refractivity contribution in [3.8, 4) is 0 Å². The van der Waals surface area contributed by atoms with E-state index in [4.69, 9.17) is 5.11 Å². The molecule has 0 spiro atoms. The molecule has 0 aliphatic rings. The normalized spacial score (nSPS) is 11.2. The third kappa shape index (κ3) is 3.41. The Hall–Kier alpha value is -1.79. The van der Waals surface area contributed by atoms with Gasteiger partial charge in [0.05, 0.1) is 0 Å². The summed E-state index contributed by atoms with van der Waals surface area (Å²) < 4.78 is 0. The Kier molecular flexibility index (Phi) is 4.28. The molecule has 0 fully saturated rings. The highest BCUT2D eigenvalue weighted by molar-refractivity contribution is 5.76. The number of amides is 2. The average Bonchev–Trinajstić information content (AvgIpc) is 2.12. The molecule has 0 saturated heterocycles. The topological polar surface area (TPSA) is 95.9 Å². The molecular formula is C6H10N2O5. The maximum Gasteiger partial charge on any atom is 0.431 e. The minimum Gasteiger partial charge on any atom is -0.480 e. The van der Waals surface area contributed by atoms with Crippen LogP contribution >= 0.6 is 0 Å². The first-order valence-corrected chi connectivity index (χ1v) is 3.39. The van der Waals surface area contributed by atoms with E-state index in [0.717, 1.165) is 0 Å². The highest BCUT2D eigenvalue weighted by Crippen LogP contribution is 1.97. The standard InChI is InChI=1S/C6H10N2O5/c1-4(5(10)11)8(3-9)13-6(12)7-2/h3-4H,1-2H3,(H,7,12)(H,10,11)/t4-/m0/s1. The SMILES string of the molecule is CNC(=O)ON(C=O)[C@@H](C)C(=O)O. The van der Waals surface area contributed by atoms with Crippen molar-refractivity contribution in [1.29, 1.82) is 0 Å². The highest BCUT2D eigenvalue weighted by atomic mass is 16.7. The molecule has 0 aliphatic heterocycles. The molecule has 0 saturated carbocycles. The lowest BCUT2D eigenvalue weighted by Crippen LogP contribution is -2.41. The van der Waals surface area contributed by atoms with E-state index in [-0.39, 0.29) is 6.41 Å². The van der Waals surface area contributed by atoms with Crippen molar-refractivity contribution in [2.75, 3.05) is 7.05 Å². The number of aliphatic carboxylic acids is 1. The summed E-state index contributed by atoms with van der Waals surface area (Å²) in [5.41, 5.74) is 0. The van der Waals surface area contributed by atoms with Gasteiger partial charge in [-0.05, 0) is 6.92 Å². The predicted molar refractivity (Wildman–Crippen MR) is 40.5 cm³/mol. The minimum absolute atomic E-state index is 0.119. The zero-order valence-corrected chi connectivity index (χ0v) is 7.18. The van der Waals surface area contributed by atoms with E-state index in [1.54, 1.807) is 0 Å². The summed E-state index contributed by atoms with van der Waals surface area (Å²) in [7, 11) is 1.29. The number of carboxylic acids is 1. The van der Waals surface area contributed by atoms with Crippen LogP contribution in [0.2, 0.25) is 0 Å². The molecule has 74 valence electrons. The maximum absolute atomic E-state index is 10.6. The summed E-state index contributed by atoms with van der Waals surface area (Å²) in [4.78, 5) is 35.5. The third-order valence-corrected chi connectivity index (χ3v) is 1.24. The van der Waals surface area contributed by atoms with Crippen LogP contribution in [0.3, 0.4) is 0 Å². The van der Waals surface area contributed by atoms with Gasteiger partial charge >= 0.3 is 12.1 Å². The Bertz CT molecular complexity index is 217. The van der Waals surface area contributed by atoms with Crippen molar-refractivity contribution in [1.82, 2.24) is 10.4 Å². The Balaban J connectivity index is 4.25. The van der Waals surface area contributed by atoms with Gasteiger partial charge in [-0.2, -0.15) is 5.06 Å². The Morgan fingerprint density at radius 1 is 1.62 bits per heavy atom. The Morgan fingerprint density at radius 3 is 2.46 bits per heavy atom. The second kappa shape index (κ2) is 4.96. The molecule has 0 bridgehead atoms. The van der Waals surface area contributed by atoms with Gasteiger partial charge in [0.25, 0.3) is 0 Å². The van der Waals surface area contributed by atoms with Crippen LogP contribution in [-0.2, 0) is 14.4 Å². The first-order chi connectivity index (χ1) is 6.02. The molecule has 2 amide bonds. The quantitative estimate of drug-likeness (QED) is 0.446. The van der Waals surface area contributed by atoms with Crippen molar-refractivity contribution in [2.45, 2.75) is 13.0 Å². The summed E-state index contributed by atoms with van der Waals surface area (Å²) in [5.74, 6) is -1.27. The number of carboxylic acid groups (broad SMARTS) is 1. The number of rotatable bonds is 4. The average molecular weight is 190 g/mol. The number of hydrogen-bond donors (Lipinski definition) is 2. The molecule has 0 aliphatic carbocycles. The lowest BCUT2D eigenvalue weighted by molar-refractivity contribution is -0.173. The summed E-state index contributed by atoms with van der Waals surface area (Å²) in [5, 5.41) is 10.9. The van der Waals surface area contributed by atoms with E-state index in [9.17, 15) is 14.4 Å². The van der Waals surface area contributed by atoms with E-state index in [2.05, 4.69) is 10.2 Å². The van der Waals surface area contributed by atoms with Gasteiger partial charge < -0.3 is 15.3 Å². The van der Waals surface area contributed by atoms with Crippen molar-refractivity contribution in [3.05, 3.63) is 0 Å². The first-order valence-electron chi connectivity index (χ1n) is 3.39. The molecule has 0 unspecified atom stereocenters. The Labute approximate surface area is 74.2 Å². The molecule has 2 N–H and O–H groups in total. The molecule has 0 rings (SSSR count). The first kappa shape index (κ1) is 11.2. The number of nitrogens with one attached hydrogen (secondary N) is 1. The molecule has 7 heteroatoms. The minimum atomic E-state index is -1.27. The third-order valence-electron chi connectivity index (χ3n) is 1.24. The van der Waals surface area contributed by atoms with Gasteiger partial charge in [0.15, 0.2) is 6.04 Å². The van der Waals surface area contributed by atoms with Gasteiger partial charge in [-0.1, -0.05) is 0 Å². The summed E-state index contributed by atoms with van der Waals surface area (Å²) in [6, 6.07) is -1.21. The van der Waals surface area contributed by atoms with Gasteiger partial charge in [0.1, 0.15) is 0 Å². The van der Waals surface area contributed by atoms with Crippen molar-refractivity contribution < 1.29 is 24.3 Å². The van der Waals surface area contributed by atoms with Gasteiger partial charge in [-0.25, -0.2) is 9.59 Å². The fourth-order valence-electron chi connectivity index (χ4n) is 0.442. The van der Waals surface area contributed by atoms with E-state index in [1.807, 2.05) is 0 Å². The lowest BCUT2D eigenvalue weighted by Gasteiger charge is -2.19. The molecule has 0 heterocycles. The molecule has 0 aromatic carbocycles. The fourth-order valence-corrected chi connectivity index (χ4v) is 0.442. The molecule has 0 aromatic heterocycles. The van der Waals surface area contributed by atoms with Gasteiger partial charge in [0, 0.05) is 7.05 Å². The second-order valence-electron chi connectivity index (χ2n) is 2.11. The van der Waals surface area contributed by atoms with Crippen LogP contribution in [0.4, 0.5) is 4.79 Å². The maximum atomic E-state index is 10.6. The number of carbonyl (C=O) groups excluding carboxylic acids is 2. The molecular weight excluding hydrogens is 180 g/mol. The molecule has 0 aromatic rings. The summed E-state index contributed by atoms with van der Waals surface area (Å²) in [6.07, 6.45) is -0.784. The van der Waals surface area contributed by atoms with Crippen molar-refractivity contribution in [3.63, 3.8) is 0 Å². The van der Waals surface area contributed by atoms with E-state index < -0.39 is 18.1 Å². The number of nitrogens with zero attached hydrogens (tertiary/aromatic N) is 1. The second-order valence-corrected chi connectivity index (χ2v) is 2.11. The van der Waals surface area contributed by atoms with E-state index in [1.165, 1.54) is 14.0 Å². The van der Waals surface area contributed by atoms with Crippen LogP contribution in [0, 0.1) is 0 Å². The zero-order chi connectivity index (χ0) is 10.4. The summed E-state index contributed by atoms with van der Waals surface area (Å²) in [6.45, 7) is 1.21. The van der Waals surface area contributed by atoms with E-state index in [0.29, 0.717) is 5.06 Å². The van der Waals surface area contributed by atoms with Gasteiger partial charge in [-0.3, -0.25) is 4.79 Å². The van der Waals surface area contributed by atoms with Crippen LogP contribution in [-0.4, -0.2) is 41.7 Å². The van der Waals surface area contributed by atoms with Crippen molar-refractivity contribution in [2.24, 2.45) is 0 Å². The van der Waals surface area contributed by atoms with Gasteiger partial charge in [-0.15, -0.1) is 0 Å². The van der Waals surface area contributed by atoms with Crippen molar-refractivity contribution >= 4 is 18.5 Å². The summed E-state index contributed by atoms with van der Waals surface area (Å²) >= 11 is 0. The monoisotopic (exact) mass is 190 g/mol. The van der Waals surface area contributed by atoms with Crippen LogP contribution in [0.1, 0.15) is 6.92 Å². The zero-order valence-electron chi connectivity index (χ0n) is 7.18. The molecule has 0 radical (unpaired) electrons. The number of hydroxylamine groups is 2. The van der Waals surface area contributed by atoms with Crippen LogP contribution in [0.5, 0.6) is 0 Å². The largest absolute Gasteiger partial charge is 0.480 e. The smallest absolute Gasteiger partial charge is 0.431 e.